The van der Waals surface area contributed by atoms with Crippen LogP contribution in [0.15, 0.2) is 24.3 Å². The Bertz CT molecular complexity index is 637. The van der Waals surface area contributed by atoms with Crippen molar-refractivity contribution in [3.63, 3.8) is 0 Å². The van der Waals surface area contributed by atoms with Gasteiger partial charge in [-0.3, -0.25) is 0 Å². The number of hydrogen-bond acceptors (Lipinski definition) is 2. The van der Waals surface area contributed by atoms with Gasteiger partial charge < -0.3 is 14.6 Å². The van der Waals surface area contributed by atoms with Crippen LogP contribution in [0.5, 0.6) is 0 Å². The lowest BCUT2D eigenvalue weighted by Crippen LogP contribution is -2.40. The number of aromatic nitrogens is 1. The number of para-hydroxylation sites is 1. The van der Waals surface area contributed by atoms with Gasteiger partial charge in [0.2, 0.25) is 0 Å². The zero-order valence-electron chi connectivity index (χ0n) is 13.8. The maximum atomic E-state index is 6.38. The van der Waals surface area contributed by atoms with Crippen LogP contribution in [-0.4, -0.2) is 24.8 Å². The standard InChI is InChI=1S/C18H26N2O.ClH/c1-4-9-18(10-11-19-3)17-14(2)15-7-5-6-8-16(15)20(17)12-13-21-18;/h5-8,19H,4,9-13H2,1-3H3;1H. The van der Waals surface area contributed by atoms with Crippen molar-refractivity contribution >= 4 is 23.3 Å². The second-order valence-corrected chi connectivity index (χ2v) is 6.09. The molecule has 22 heavy (non-hydrogen) atoms. The SMILES string of the molecule is CCCC1(CCNC)OCCn2c1c(C)c1ccccc12.Cl. The van der Waals surface area contributed by atoms with E-state index in [1.54, 1.807) is 0 Å². The maximum absolute atomic E-state index is 6.38. The van der Waals surface area contributed by atoms with Gasteiger partial charge in [-0.15, -0.1) is 12.4 Å². The van der Waals surface area contributed by atoms with Crippen molar-refractivity contribution in [2.24, 2.45) is 0 Å². The molecule has 122 valence electrons. The molecule has 1 aromatic carbocycles. The average Bonchev–Trinajstić information content (AvgIpc) is 2.81. The first-order chi connectivity index (χ1) is 10.2. The molecule has 0 bridgehead atoms. The molecule has 0 fully saturated rings. The molecule has 1 unspecified atom stereocenters. The first kappa shape index (κ1) is 17.3. The Balaban J connectivity index is 0.00000176. The number of hydrogen-bond donors (Lipinski definition) is 1. The van der Waals surface area contributed by atoms with E-state index in [4.69, 9.17) is 4.74 Å². The van der Waals surface area contributed by atoms with Crippen molar-refractivity contribution in [2.75, 3.05) is 20.2 Å². The number of halogens is 1. The van der Waals surface area contributed by atoms with Crippen LogP contribution in [-0.2, 0) is 16.9 Å². The van der Waals surface area contributed by atoms with Crippen molar-refractivity contribution in [1.29, 1.82) is 0 Å². The van der Waals surface area contributed by atoms with Gasteiger partial charge in [-0.1, -0.05) is 31.5 Å². The van der Waals surface area contributed by atoms with E-state index in [0.29, 0.717) is 0 Å². The average molecular weight is 323 g/mol. The number of fused-ring (bicyclic) bond motifs is 3. The molecule has 0 aliphatic carbocycles. The van der Waals surface area contributed by atoms with E-state index >= 15 is 0 Å². The second kappa shape index (κ2) is 7.03. The van der Waals surface area contributed by atoms with Crippen LogP contribution >= 0.6 is 12.4 Å². The Morgan fingerprint density at radius 1 is 1.27 bits per heavy atom. The highest BCUT2D eigenvalue weighted by molar-refractivity contribution is 5.86. The molecular formula is C18H27ClN2O. The Hall–Kier alpha value is -1.03. The minimum absolute atomic E-state index is 0. The topological polar surface area (TPSA) is 26.2 Å². The summed E-state index contributed by atoms with van der Waals surface area (Å²) in [7, 11) is 2.02. The monoisotopic (exact) mass is 322 g/mol. The predicted octanol–water partition coefficient (Wildman–Crippen LogP) is 4.01. The molecule has 0 spiro atoms. The molecule has 0 saturated heterocycles. The smallest absolute Gasteiger partial charge is 0.110 e. The third kappa shape index (κ3) is 2.66. The molecule has 0 radical (unpaired) electrons. The van der Waals surface area contributed by atoms with Gasteiger partial charge in [0.15, 0.2) is 0 Å². The zero-order valence-corrected chi connectivity index (χ0v) is 14.6. The van der Waals surface area contributed by atoms with E-state index in [2.05, 4.69) is 48.0 Å². The minimum atomic E-state index is -0.126. The zero-order chi connectivity index (χ0) is 14.9. The normalized spacial score (nSPS) is 20.7. The summed E-state index contributed by atoms with van der Waals surface area (Å²) in [4.78, 5) is 0. The molecule has 0 saturated carbocycles. The summed E-state index contributed by atoms with van der Waals surface area (Å²) < 4.78 is 8.88. The summed E-state index contributed by atoms with van der Waals surface area (Å²) in [6.07, 6.45) is 3.27. The van der Waals surface area contributed by atoms with Crippen molar-refractivity contribution < 1.29 is 4.74 Å². The summed E-state index contributed by atoms with van der Waals surface area (Å²) in [5, 5.41) is 4.67. The van der Waals surface area contributed by atoms with E-state index in [-0.39, 0.29) is 18.0 Å². The van der Waals surface area contributed by atoms with Crippen LogP contribution in [0.2, 0.25) is 0 Å². The number of rotatable bonds is 5. The second-order valence-electron chi connectivity index (χ2n) is 6.09. The summed E-state index contributed by atoms with van der Waals surface area (Å²) in [5.74, 6) is 0. The third-order valence-corrected chi connectivity index (χ3v) is 4.78. The summed E-state index contributed by atoms with van der Waals surface area (Å²) >= 11 is 0. The number of aryl methyl sites for hydroxylation is 1. The molecule has 3 rings (SSSR count). The molecule has 4 heteroatoms. The number of nitrogens with one attached hydrogen (secondary N) is 1. The van der Waals surface area contributed by atoms with Gasteiger partial charge in [0, 0.05) is 17.4 Å². The van der Waals surface area contributed by atoms with Crippen LogP contribution in [0.3, 0.4) is 0 Å². The van der Waals surface area contributed by atoms with Crippen LogP contribution < -0.4 is 5.32 Å². The molecular weight excluding hydrogens is 296 g/mol. The molecule has 1 aliphatic heterocycles. The lowest BCUT2D eigenvalue weighted by atomic mass is 9.86. The minimum Gasteiger partial charge on any atom is -0.367 e. The quantitative estimate of drug-likeness (QED) is 0.900. The fraction of sp³-hybridized carbons (Fsp3) is 0.556. The molecule has 1 N–H and O–H groups in total. The molecule has 3 nitrogen and oxygen atoms in total. The largest absolute Gasteiger partial charge is 0.367 e. The predicted molar refractivity (Wildman–Crippen MR) is 95.0 cm³/mol. The van der Waals surface area contributed by atoms with E-state index < -0.39 is 0 Å². The number of ether oxygens (including phenoxy) is 1. The van der Waals surface area contributed by atoms with E-state index in [9.17, 15) is 0 Å². The van der Waals surface area contributed by atoms with Gasteiger partial charge in [0.25, 0.3) is 0 Å². The van der Waals surface area contributed by atoms with Gasteiger partial charge in [-0.2, -0.15) is 0 Å². The van der Waals surface area contributed by atoms with Crippen LogP contribution in [0, 0.1) is 6.92 Å². The molecule has 0 amide bonds. The van der Waals surface area contributed by atoms with Crippen molar-refractivity contribution in [2.45, 2.75) is 45.3 Å². The van der Waals surface area contributed by atoms with Crippen molar-refractivity contribution in [3.05, 3.63) is 35.5 Å². The van der Waals surface area contributed by atoms with Crippen LogP contribution in [0.1, 0.15) is 37.4 Å². The Kier molecular flexibility index (Phi) is 5.54. The molecule has 1 aromatic heterocycles. The van der Waals surface area contributed by atoms with Gasteiger partial charge in [-0.25, -0.2) is 0 Å². The maximum Gasteiger partial charge on any atom is 0.110 e. The third-order valence-electron chi connectivity index (χ3n) is 4.78. The highest BCUT2D eigenvalue weighted by Gasteiger charge is 2.39. The Labute approximate surface area is 139 Å². The van der Waals surface area contributed by atoms with Crippen molar-refractivity contribution in [1.82, 2.24) is 9.88 Å². The Morgan fingerprint density at radius 3 is 2.77 bits per heavy atom. The van der Waals surface area contributed by atoms with Gasteiger partial charge in [-0.05, 0) is 45.0 Å². The molecule has 1 atom stereocenters. The molecule has 1 aliphatic rings. The van der Waals surface area contributed by atoms with Crippen LogP contribution in [0.25, 0.3) is 10.9 Å². The molecule has 2 heterocycles. The first-order valence-corrected chi connectivity index (χ1v) is 8.10. The van der Waals surface area contributed by atoms with Crippen molar-refractivity contribution in [3.8, 4) is 0 Å². The van der Waals surface area contributed by atoms with Gasteiger partial charge in [0.1, 0.15) is 5.60 Å². The molecule has 2 aromatic rings. The van der Waals surface area contributed by atoms with E-state index in [1.165, 1.54) is 22.2 Å². The lowest BCUT2D eigenvalue weighted by molar-refractivity contribution is -0.0884. The first-order valence-electron chi connectivity index (χ1n) is 8.10. The summed E-state index contributed by atoms with van der Waals surface area (Å²) in [5.41, 5.74) is 4.04. The van der Waals surface area contributed by atoms with E-state index in [0.717, 1.165) is 39.0 Å². The highest BCUT2D eigenvalue weighted by Crippen LogP contribution is 2.42. The summed E-state index contributed by atoms with van der Waals surface area (Å²) in [6, 6.07) is 8.76. The van der Waals surface area contributed by atoms with Crippen LogP contribution in [0.4, 0.5) is 0 Å². The van der Waals surface area contributed by atoms with Gasteiger partial charge >= 0.3 is 0 Å². The van der Waals surface area contributed by atoms with Gasteiger partial charge in [0.05, 0.1) is 12.3 Å². The highest BCUT2D eigenvalue weighted by atomic mass is 35.5. The Morgan fingerprint density at radius 2 is 2.05 bits per heavy atom. The summed E-state index contributed by atoms with van der Waals surface area (Å²) in [6.45, 7) is 7.28. The number of nitrogens with zero attached hydrogens (tertiary/aromatic N) is 1. The lowest BCUT2D eigenvalue weighted by Gasteiger charge is -2.39. The number of benzene rings is 1. The fourth-order valence-electron chi connectivity index (χ4n) is 3.93. The fourth-order valence-corrected chi connectivity index (χ4v) is 3.93. The van der Waals surface area contributed by atoms with E-state index in [1.807, 2.05) is 7.05 Å².